The van der Waals surface area contributed by atoms with Crippen molar-refractivity contribution in [2.75, 3.05) is 21.3 Å². The lowest BCUT2D eigenvalue weighted by Crippen LogP contribution is -2.26. The van der Waals surface area contributed by atoms with Crippen LogP contribution in [-0.2, 0) is 6.54 Å². The molecule has 0 unspecified atom stereocenters. The van der Waals surface area contributed by atoms with Gasteiger partial charge in [-0.15, -0.1) is 0 Å². The number of hydrogen-bond acceptors (Lipinski definition) is 4. The molecule has 1 aromatic heterocycles. The standard InChI is InChI=1S/C17H19BrN2O3/c1-11-5-15(22-3)16(23-4)7-13(11)10-20(2)17(21)12-6-14(18)9-19-8-12/h5-9H,10H2,1-4H3. The quantitative estimate of drug-likeness (QED) is 0.799. The molecule has 5 nitrogen and oxygen atoms in total. The Labute approximate surface area is 144 Å². The summed E-state index contributed by atoms with van der Waals surface area (Å²) in [6.45, 7) is 2.45. The molecule has 1 amide bonds. The molecule has 0 bridgehead atoms. The number of nitrogens with zero attached hydrogens (tertiary/aromatic N) is 2. The van der Waals surface area contributed by atoms with Crippen molar-refractivity contribution in [1.82, 2.24) is 9.88 Å². The summed E-state index contributed by atoms with van der Waals surface area (Å²) in [6.07, 6.45) is 3.21. The molecular weight excluding hydrogens is 360 g/mol. The van der Waals surface area contributed by atoms with E-state index >= 15 is 0 Å². The highest BCUT2D eigenvalue weighted by Crippen LogP contribution is 2.30. The Morgan fingerprint density at radius 2 is 1.83 bits per heavy atom. The summed E-state index contributed by atoms with van der Waals surface area (Å²) in [5.41, 5.74) is 2.58. The van der Waals surface area contributed by atoms with Gasteiger partial charge in [0.1, 0.15) is 0 Å². The SMILES string of the molecule is COc1cc(C)c(CN(C)C(=O)c2cncc(Br)c2)cc1OC. The molecule has 0 spiro atoms. The van der Waals surface area contributed by atoms with E-state index < -0.39 is 0 Å². The molecule has 0 atom stereocenters. The van der Waals surface area contributed by atoms with Gasteiger partial charge in [-0.05, 0) is 52.2 Å². The Balaban J connectivity index is 2.23. The van der Waals surface area contributed by atoms with Crippen molar-refractivity contribution < 1.29 is 14.3 Å². The van der Waals surface area contributed by atoms with Gasteiger partial charge in [0.25, 0.3) is 5.91 Å². The van der Waals surface area contributed by atoms with Crippen molar-refractivity contribution in [3.63, 3.8) is 0 Å². The van der Waals surface area contributed by atoms with Crippen LogP contribution in [0.15, 0.2) is 35.1 Å². The van der Waals surface area contributed by atoms with E-state index in [0.29, 0.717) is 23.6 Å². The van der Waals surface area contributed by atoms with Gasteiger partial charge in [0.05, 0.1) is 19.8 Å². The van der Waals surface area contributed by atoms with Gasteiger partial charge in [0.2, 0.25) is 0 Å². The van der Waals surface area contributed by atoms with E-state index in [2.05, 4.69) is 20.9 Å². The lowest BCUT2D eigenvalue weighted by molar-refractivity contribution is 0.0784. The van der Waals surface area contributed by atoms with E-state index in [4.69, 9.17) is 9.47 Å². The zero-order valence-electron chi connectivity index (χ0n) is 13.6. The molecule has 0 saturated heterocycles. The maximum Gasteiger partial charge on any atom is 0.255 e. The number of rotatable bonds is 5. The summed E-state index contributed by atoms with van der Waals surface area (Å²) >= 11 is 3.33. The number of pyridine rings is 1. The topological polar surface area (TPSA) is 51.7 Å². The second-order valence-electron chi connectivity index (χ2n) is 5.19. The monoisotopic (exact) mass is 378 g/mol. The summed E-state index contributed by atoms with van der Waals surface area (Å²) in [5.74, 6) is 1.24. The van der Waals surface area contributed by atoms with Gasteiger partial charge < -0.3 is 14.4 Å². The van der Waals surface area contributed by atoms with Crippen molar-refractivity contribution in [1.29, 1.82) is 0 Å². The zero-order valence-corrected chi connectivity index (χ0v) is 15.2. The first-order valence-corrected chi connectivity index (χ1v) is 7.83. The van der Waals surface area contributed by atoms with Crippen LogP contribution in [0.25, 0.3) is 0 Å². The van der Waals surface area contributed by atoms with Crippen molar-refractivity contribution in [3.05, 3.63) is 51.8 Å². The van der Waals surface area contributed by atoms with E-state index in [9.17, 15) is 4.79 Å². The molecule has 0 aliphatic heterocycles. The van der Waals surface area contributed by atoms with E-state index in [0.717, 1.165) is 15.6 Å². The predicted octanol–water partition coefficient (Wildman–Crippen LogP) is 3.44. The average molecular weight is 379 g/mol. The summed E-state index contributed by atoms with van der Waals surface area (Å²) in [5, 5.41) is 0. The maximum atomic E-state index is 12.5. The Hall–Kier alpha value is -2.08. The fourth-order valence-corrected chi connectivity index (χ4v) is 2.63. The predicted molar refractivity (Wildman–Crippen MR) is 92.0 cm³/mol. The van der Waals surface area contributed by atoms with Crippen LogP contribution in [0.3, 0.4) is 0 Å². The Morgan fingerprint density at radius 1 is 1.17 bits per heavy atom. The number of aryl methyl sites for hydroxylation is 1. The molecule has 1 aromatic carbocycles. The van der Waals surface area contributed by atoms with Crippen LogP contribution < -0.4 is 9.47 Å². The summed E-state index contributed by atoms with van der Waals surface area (Å²) in [7, 11) is 4.96. The van der Waals surface area contributed by atoms with Crippen molar-refractivity contribution in [2.45, 2.75) is 13.5 Å². The molecule has 0 aliphatic rings. The molecule has 122 valence electrons. The molecule has 2 aromatic rings. The summed E-state index contributed by atoms with van der Waals surface area (Å²) < 4.78 is 11.4. The van der Waals surface area contributed by atoms with Gasteiger partial charge in [-0.1, -0.05) is 0 Å². The number of methoxy groups -OCH3 is 2. The number of carbonyl (C=O) groups is 1. The number of amides is 1. The van der Waals surface area contributed by atoms with Gasteiger partial charge in [0, 0.05) is 30.5 Å². The number of hydrogen-bond donors (Lipinski definition) is 0. The molecule has 0 N–H and O–H groups in total. The van der Waals surface area contributed by atoms with Crippen LogP contribution in [-0.4, -0.2) is 37.1 Å². The molecule has 0 fully saturated rings. The average Bonchev–Trinajstić information content (AvgIpc) is 2.55. The number of carbonyl (C=O) groups excluding carboxylic acids is 1. The normalized spacial score (nSPS) is 10.3. The van der Waals surface area contributed by atoms with Crippen LogP contribution >= 0.6 is 15.9 Å². The van der Waals surface area contributed by atoms with Crippen molar-refractivity contribution >= 4 is 21.8 Å². The van der Waals surface area contributed by atoms with Crippen LogP contribution in [0.5, 0.6) is 11.5 Å². The van der Waals surface area contributed by atoms with Gasteiger partial charge in [-0.25, -0.2) is 0 Å². The van der Waals surface area contributed by atoms with Crippen molar-refractivity contribution in [3.8, 4) is 11.5 Å². The first kappa shape index (κ1) is 17.3. The molecule has 2 rings (SSSR count). The second kappa shape index (κ2) is 7.46. The minimum Gasteiger partial charge on any atom is -0.493 e. The van der Waals surface area contributed by atoms with E-state index in [1.165, 1.54) is 0 Å². The minimum atomic E-state index is -0.0898. The summed E-state index contributed by atoms with van der Waals surface area (Å²) in [6, 6.07) is 5.57. The van der Waals surface area contributed by atoms with Gasteiger partial charge in [-0.2, -0.15) is 0 Å². The third-order valence-electron chi connectivity index (χ3n) is 3.55. The van der Waals surface area contributed by atoms with Gasteiger partial charge in [0.15, 0.2) is 11.5 Å². The molecule has 0 radical (unpaired) electrons. The number of aromatic nitrogens is 1. The molecule has 0 saturated carbocycles. The molecule has 1 heterocycles. The largest absolute Gasteiger partial charge is 0.493 e. The number of benzene rings is 1. The summed E-state index contributed by atoms with van der Waals surface area (Å²) in [4.78, 5) is 18.2. The number of ether oxygens (including phenoxy) is 2. The fourth-order valence-electron chi connectivity index (χ4n) is 2.27. The van der Waals surface area contributed by atoms with Gasteiger partial charge in [-0.3, -0.25) is 9.78 Å². The third-order valence-corrected chi connectivity index (χ3v) is 3.98. The molecular formula is C17H19BrN2O3. The highest BCUT2D eigenvalue weighted by molar-refractivity contribution is 9.10. The van der Waals surface area contributed by atoms with Crippen LogP contribution in [0, 0.1) is 6.92 Å². The lowest BCUT2D eigenvalue weighted by atomic mass is 10.1. The van der Waals surface area contributed by atoms with Crippen LogP contribution in [0.1, 0.15) is 21.5 Å². The highest BCUT2D eigenvalue weighted by Gasteiger charge is 2.15. The molecule has 23 heavy (non-hydrogen) atoms. The maximum absolute atomic E-state index is 12.5. The molecule has 6 heteroatoms. The third kappa shape index (κ3) is 4.01. The Kier molecular flexibility index (Phi) is 5.60. The van der Waals surface area contributed by atoms with E-state index in [1.807, 2.05) is 19.1 Å². The Bertz CT molecular complexity index is 719. The van der Waals surface area contributed by atoms with Crippen LogP contribution in [0.4, 0.5) is 0 Å². The van der Waals surface area contributed by atoms with Crippen LogP contribution in [0.2, 0.25) is 0 Å². The highest BCUT2D eigenvalue weighted by atomic mass is 79.9. The van der Waals surface area contributed by atoms with Crippen molar-refractivity contribution in [2.24, 2.45) is 0 Å². The van der Waals surface area contributed by atoms with E-state index in [-0.39, 0.29) is 5.91 Å². The zero-order chi connectivity index (χ0) is 17.0. The first-order valence-electron chi connectivity index (χ1n) is 7.03. The smallest absolute Gasteiger partial charge is 0.255 e. The fraction of sp³-hybridized carbons (Fsp3) is 0.294. The van der Waals surface area contributed by atoms with E-state index in [1.54, 1.807) is 44.6 Å². The molecule has 0 aliphatic carbocycles. The minimum absolute atomic E-state index is 0.0898. The Morgan fingerprint density at radius 3 is 2.43 bits per heavy atom. The number of halogens is 1. The van der Waals surface area contributed by atoms with Gasteiger partial charge >= 0.3 is 0 Å². The lowest BCUT2D eigenvalue weighted by Gasteiger charge is -2.20. The first-order chi connectivity index (χ1) is 11.0. The second-order valence-corrected chi connectivity index (χ2v) is 6.10.